The topological polar surface area (TPSA) is 42.4 Å². The molecule has 0 aliphatic carbocycles. The minimum absolute atomic E-state index is 0.289. The number of aromatic nitrogens is 1. The van der Waals surface area contributed by atoms with E-state index >= 15 is 0 Å². The smallest absolute Gasteiger partial charge is 0.122 e. The third-order valence-electron chi connectivity index (χ3n) is 4.10. The highest BCUT2D eigenvalue weighted by molar-refractivity contribution is 5.37. The van der Waals surface area contributed by atoms with Gasteiger partial charge < -0.3 is 9.84 Å². The van der Waals surface area contributed by atoms with Crippen LogP contribution in [-0.4, -0.2) is 22.8 Å². The van der Waals surface area contributed by atoms with Crippen LogP contribution in [0.2, 0.25) is 0 Å². The molecule has 1 aliphatic heterocycles. The molecule has 0 spiro atoms. The molecule has 1 N–H and O–H groups in total. The summed E-state index contributed by atoms with van der Waals surface area (Å²) in [6.07, 6.45) is 4.88. The van der Waals surface area contributed by atoms with Gasteiger partial charge >= 0.3 is 0 Å². The molecule has 2 heterocycles. The number of aryl methyl sites for hydroxylation is 1. The van der Waals surface area contributed by atoms with Gasteiger partial charge in [0.05, 0.1) is 12.7 Å². The van der Waals surface area contributed by atoms with Crippen LogP contribution < -0.4 is 4.74 Å². The molecule has 3 nitrogen and oxygen atoms in total. The Labute approximate surface area is 125 Å². The summed E-state index contributed by atoms with van der Waals surface area (Å²) in [5, 5.41) is 10.3. The Morgan fingerprint density at radius 3 is 2.90 bits per heavy atom. The third kappa shape index (κ3) is 3.61. The Morgan fingerprint density at radius 1 is 1.19 bits per heavy atom. The molecule has 1 aromatic carbocycles. The van der Waals surface area contributed by atoms with Gasteiger partial charge in [-0.3, -0.25) is 4.98 Å². The van der Waals surface area contributed by atoms with Gasteiger partial charge in [-0.2, -0.15) is 0 Å². The van der Waals surface area contributed by atoms with E-state index in [4.69, 9.17) is 4.74 Å². The van der Waals surface area contributed by atoms with E-state index in [1.807, 2.05) is 36.4 Å². The molecule has 0 radical (unpaired) electrons. The fraction of sp³-hybridized carbons (Fsp3) is 0.389. The van der Waals surface area contributed by atoms with Gasteiger partial charge in [-0.05, 0) is 55.4 Å². The first-order valence-corrected chi connectivity index (χ1v) is 7.62. The summed E-state index contributed by atoms with van der Waals surface area (Å²) >= 11 is 0. The predicted octanol–water partition coefficient (Wildman–Crippen LogP) is 3.33. The summed E-state index contributed by atoms with van der Waals surface area (Å²) in [6, 6.07) is 14.1. The van der Waals surface area contributed by atoms with Crippen molar-refractivity contribution >= 4 is 0 Å². The molecule has 2 unspecified atom stereocenters. The number of rotatable bonds is 5. The van der Waals surface area contributed by atoms with E-state index in [0.29, 0.717) is 5.92 Å². The van der Waals surface area contributed by atoms with Crippen LogP contribution in [0.15, 0.2) is 48.7 Å². The molecule has 110 valence electrons. The Bertz CT molecular complexity index is 570. The molecule has 21 heavy (non-hydrogen) atoms. The zero-order valence-corrected chi connectivity index (χ0v) is 12.1. The second kappa shape index (κ2) is 6.72. The molecule has 2 atom stereocenters. The first kappa shape index (κ1) is 14.1. The number of aliphatic hydroxyl groups excluding tert-OH is 1. The second-order valence-electron chi connectivity index (χ2n) is 5.62. The first-order valence-electron chi connectivity index (χ1n) is 7.62. The van der Waals surface area contributed by atoms with Crippen LogP contribution in [0.25, 0.3) is 0 Å². The van der Waals surface area contributed by atoms with Gasteiger partial charge in [-0.15, -0.1) is 0 Å². The lowest BCUT2D eigenvalue weighted by atomic mass is 9.87. The van der Waals surface area contributed by atoms with Gasteiger partial charge in [0, 0.05) is 11.9 Å². The van der Waals surface area contributed by atoms with Gasteiger partial charge in [0.1, 0.15) is 5.75 Å². The SMILES string of the molecule is OC(CCc1ccccn1)CC1CCOc2ccccc21. The lowest BCUT2D eigenvalue weighted by Crippen LogP contribution is -2.19. The summed E-state index contributed by atoms with van der Waals surface area (Å²) < 4.78 is 5.67. The molecule has 1 aliphatic rings. The molecule has 2 aromatic rings. The summed E-state index contributed by atoms with van der Waals surface area (Å²) in [7, 11) is 0. The highest BCUT2D eigenvalue weighted by Gasteiger charge is 2.23. The van der Waals surface area contributed by atoms with E-state index in [9.17, 15) is 5.11 Å². The molecule has 1 aromatic heterocycles. The standard InChI is InChI=1S/C18H21NO2/c20-16(9-8-15-5-3-4-11-19-15)13-14-10-12-21-18-7-2-1-6-17(14)18/h1-7,11,14,16,20H,8-10,12-13H2. The molecule has 0 saturated carbocycles. The Balaban J connectivity index is 1.57. The summed E-state index contributed by atoms with van der Waals surface area (Å²) in [4.78, 5) is 4.30. The van der Waals surface area contributed by atoms with Gasteiger partial charge in [-0.1, -0.05) is 24.3 Å². The Kier molecular flexibility index (Phi) is 4.51. The highest BCUT2D eigenvalue weighted by Crippen LogP contribution is 2.36. The van der Waals surface area contributed by atoms with E-state index < -0.39 is 0 Å². The zero-order valence-electron chi connectivity index (χ0n) is 12.1. The van der Waals surface area contributed by atoms with Gasteiger partial charge in [0.25, 0.3) is 0 Å². The number of pyridine rings is 1. The molecule has 3 heteroatoms. The molecule has 0 saturated heterocycles. The van der Waals surface area contributed by atoms with E-state index in [0.717, 1.165) is 43.7 Å². The number of aliphatic hydroxyl groups is 1. The minimum atomic E-state index is -0.289. The Morgan fingerprint density at radius 2 is 2.05 bits per heavy atom. The fourth-order valence-electron chi connectivity index (χ4n) is 2.97. The van der Waals surface area contributed by atoms with Crippen molar-refractivity contribution in [3.05, 3.63) is 59.9 Å². The minimum Gasteiger partial charge on any atom is -0.493 e. The van der Waals surface area contributed by atoms with Crippen molar-refractivity contribution in [1.29, 1.82) is 0 Å². The van der Waals surface area contributed by atoms with Crippen LogP contribution in [0.3, 0.4) is 0 Å². The summed E-state index contributed by atoms with van der Waals surface area (Å²) in [5.74, 6) is 1.37. The van der Waals surface area contributed by atoms with Crippen LogP contribution in [0, 0.1) is 0 Å². The van der Waals surface area contributed by atoms with Crippen LogP contribution in [0.5, 0.6) is 5.75 Å². The normalized spacial score (nSPS) is 18.6. The number of ether oxygens (including phenoxy) is 1. The van der Waals surface area contributed by atoms with E-state index in [1.54, 1.807) is 6.20 Å². The average Bonchev–Trinajstić information content (AvgIpc) is 2.54. The average molecular weight is 283 g/mol. The molecule has 3 rings (SSSR count). The van der Waals surface area contributed by atoms with Crippen molar-refractivity contribution in [2.45, 2.75) is 37.7 Å². The van der Waals surface area contributed by atoms with E-state index in [2.05, 4.69) is 11.1 Å². The second-order valence-corrected chi connectivity index (χ2v) is 5.62. The molecular formula is C18H21NO2. The van der Waals surface area contributed by atoms with Crippen LogP contribution in [0.1, 0.15) is 36.4 Å². The largest absolute Gasteiger partial charge is 0.493 e. The number of hydrogen-bond donors (Lipinski definition) is 1. The number of hydrogen-bond acceptors (Lipinski definition) is 3. The zero-order chi connectivity index (χ0) is 14.5. The van der Waals surface area contributed by atoms with Crippen molar-refractivity contribution in [2.24, 2.45) is 0 Å². The van der Waals surface area contributed by atoms with E-state index in [1.165, 1.54) is 5.56 Å². The fourth-order valence-corrected chi connectivity index (χ4v) is 2.97. The van der Waals surface area contributed by atoms with Gasteiger partial charge in [0.15, 0.2) is 0 Å². The Hall–Kier alpha value is -1.87. The van der Waals surface area contributed by atoms with Crippen LogP contribution in [0.4, 0.5) is 0 Å². The highest BCUT2D eigenvalue weighted by atomic mass is 16.5. The van der Waals surface area contributed by atoms with Gasteiger partial charge in [-0.25, -0.2) is 0 Å². The lowest BCUT2D eigenvalue weighted by molar-refractivity contribution is 0.135. The van der Waals surface area contributed by atoms with Crippen molar-refractivity contribution in [3.63, 3.8) is 0 Å². The maximum absolute atomic E-state index is 10.3. The third-order valence-corrected chi connectivity index (χ3v) is 4.10. The summed E-state index contributed by atoms with van der Waals surface area (Å²) in [5.41, 5.74) is 2.28. The van der Waals surface area contributed by atoms with Crippen LogP contribution >= 0.6 is 0 Å². The number of para-hydroxylation sites is 1. The van der Waals surface area contributed by atoms with Crippen molar-refractivity contribution in [3.8, 4) is 5.75 Å². The van der Waals surface area contributed by atoms with Gasteiger partial charge in [0.2, 0.25) is 0 Å². The van der Waals surface area contributed by atoms with Crippen molar-refractivity contribution in [1.82, 2.24) is 4.98 Å². The molecule has 0 bridgehead atoms. The van der Waals surface area contributed by atoms with Crippen molar-refractivity contribution < 1.29 is 9.84 Å². The maximum atomic E-state index is 10.3. The molecule has 0 fully saturated rings. The number of fused-ring (bicyclic) bond motifs is 1. The van der Waals surface area contributed by atoms with E-state index in [-0.39, 0.29) is 6.10 Å². The number of benzene rings is 1. The first-order chi connectivity index (χ1) is 10.3. The predicted molar refractivity (Wildman–Crippen MR) is 82.5 cm³/mol. The monoisotopic (exact) mass is 283 g/mol. The molecule has 0 amide bonds. The maximum Gasteiger partial charge on any atom is 0.122 e. The quantitative estimate of drug-likeness (QED) is 0.915. The van der Waals surface area contributed by atoms with Crippen molar-refractivity contribution in [2.75, 3.05) is 6.61 Å². The molecular weight excluding hydrogens is 262 g/mol. The summed E-state index contributed by atoms with van der Waals surface area (Å²) in [6.45, 7) is 0.745. The van der Waals surface area contributed by atoms with Crippen LogP contribution in [-0.2, 0) is 6.42 Å². The lowest BCUT2D eigenvalue weighted by Gasteiger charge is -2.27. The number of nitrogens with zero attached hydrogens (tertiary/aromatic N) is 1.